The number of rotatable bonds is 5. The Morgan fingerprint density at radius 2 is 2.00 bits per heavy atom. The lowest BCUT2D eigenvalue weighted by molar-refractivity contribution is -0.123. The number of carbonyl (C=O) groups excluding carboxylic acids is 2. The molecule has 9 nitrogen and oxygen atoms in total. The predicted octanol–water partition coefficient (Wildman–Crippen LogP) is -0.0434. The van der Waals surface area contributed by atoms with E-state index in [4.69, 9.17) is 5.73 Å². The summed E-state index contributed by atoms with van der Waals surface area (Å²) in [6.45, 7) is 0.278. The molecule has 9 heteroatoms. The summed E-state index contributed by atoms with van der Waals surface area (Å²) in [7, 11) is 0. The number of hydrogen-bond acceptors (Lipinski definition) is 6. The number of H-pyrrole nitrogens is 1. The molecule has 1 atom stereocenters. The second-order valence-corrected chi connectivity index (χ2v) is 6.06. The Bertz CT molecular complexity index is 1010. The van der Waals surface area contributed by atoms with E-state index in [0.29, 0.717) is 11.2 Å². The third-order valence-corrected chi connectivity index (χ3v) is 4.42. The van der Waals surface area contributed by atoms with Crippen LogP contribution in [0.2, 0.25) is 0 Å². The average Bonchev–Trinajstić information content (AvgIpc) is 3.31. The minimum atomic E-state index is -1.62. The fourth-order valence-electron chi connectivity index (χ4n) is 3.09. The number of aliphatic imine (C=N–C) groups is 1. The molecular weight excluding hydrogens is 346 g/mol. The smallest absolute Gasteiger partial charge is 0.268 e. The number of aromatic amines is 1. The molecule has 2 aromatic heterocycles. The summed E-state index contributed by atoms with van der Waals surface area (Å²) in [5, 5.41) is 5.66. The molecular formula is C18H17N7O2. The molecule has 0 saturated carbocycles. The summed E-state index contributed by atoms with van der Waals surface area (Å²) >= 11 is 0. The van der Waals surface area contributed by atoms with Crippen molar-refractivity contribution in [1.82, 2.24) is 25.6 Å². The quantitative estimate of drug-likeness (QED) is 0.504. The highest BCUT2D eigenvalue weighted by Crippen LogP contribution is 2.26. The van der Waals surface area contributed by atoms with E-state index in [1.165, 1.54) is 0 Å². The van der Waals surface area contributed by atoms with Crippen LogP contribution in [0.3, 0.4) is 0 Å². The highest BCUT2D eigenvalue weighted by molar-refractivity contribution is 6.46. The lowest BCUT2D eigenvalue weighted by atomic mass is 9.91. The Hall–Kier alpha value is -3.59. The molecule has 0 spiro atoms. The molecule has 0 saturated heterocycles. The fourth-order valence-corrected chi connectivity index (χ4v) is 3.09. The Morgan fingerprint density at radius 3 is 2.74 bits per heavy atom. The molecule has 1 aliphatic rings. The van der Waals surface area contributed by atoms with Gasteiger partial charge in [0.05, 0.1) is 29.9 Å². The largest absolute Gasteiger partial charge is 0.367 e. The molecule has 27 heavy (non-hydrogen) atoms. The first-order valence-electron chi connectivity index (χ1n) is 8.34. The SMILES string of the molecule is NC(=O)C1(c2nc3ccccc3[nH]2)NCN=C1C(=O)NCc1ccccn1. The maximum absolute atomic E-state index is 12.8. The highest BCUT2D eigenvalue weighted by Gasteiger charge is 2.52. The van der Waals surface area contributed by atoms with Gasteiger partial charge in [-0.25, -0.2) is 4.98 Å². The van der Waals surface area contributed by atoms with Gasteiger partial charge in [0, 0.05) is 6.20 Å². The lowest BCUT2D eigenvalue weighted by Gasteiger charge is -2.24. The number of aromatic nitrogens is 3. The highest BCUT2D eigenvalue weighted by atomic mass is 16.2. The fraction of sp³-hybridized carbons (Fsp3) is 0.167. The molecule has 0 bridgehead atoms. The van der Waals surface area contributed by atoms with E-state index in [2.05, 4.69) is 30.6 Å². The van der Waals surface area contributed by atoms with Crippen LogP contribution in [-0.2, 0) is 21.7 Å². The third-order valence-electron chi connectivity index (χ3n) is 4.42. The number of nitrogens with two attached hydrogens (primary N) is 1. The standard InChI is InChI=1S/C18H17N7O2/c19-16(27)18(17-24-12-6-1-2-7-13(12)25-17)14(22-10-23-18)15(26)21-9-11-5-3-4-8-20-11/h1-8,23H,9-10H2,(H2,19,27)(H,21,26)(H,24,25). The molecule has 3 heterocycles. The van der Waals surface area contributed by atoms with Crippen molar-refractivity contribution < 1.29 is 9.59 Å². The summed E-state index contributed by atoms with van der Waals surface area (Å²) in [4.78, 5) is 41.0. The molecule has 0 radical (unpaired) electrons. The van der Waals surface area contributed by atoms with E-state index in [9.17, 15) is 9.59 Å². The Kier molecular flexibility index (Phi) is 4.13. The van der Waals surface area contributed by atoms with Crippen molar-refractivity contribution in [2.45, 2.75) is 12.1 Å². The molecule has 2 amide bonds. The van der Waals surface area contributed by atoms with Crippen LogP contribution in [0.15, 0.2) is 53.7 Å². The Balaban J connectivity index is 1.66. The minimum absolute atomic E-state index is 0.0232. The van der Waals surface area contributed by atoms with Gasteiger partial charge >= 0.3 is 0 Å². The normalized spacial score (nSPS) is 19.0. The molecule has 0 aliphatic carbocycles. The van der Waals surface area contributed by atoms with Crippen molar-refractivity contribution in [3.63, 3.8) is 0 Å². The first-order valence-corrected chi connectivity index (χ1v) is 8.34. The Labute approximate surface area is 154 Å². The molecule has 3 aromatic rings. The first kappa shape index (κ1) is 16.9. The molecule has 1 unspecified atom stereocenters. The van der Waals surface area contributed by atoms with E-state index in [1.807, 2.05) is 24.3 Å². The lowest BCUT2D eigenvalue weighted by Crippen LogP contribution is -2.59. The van der Waals surface area contributed by atoms with E-state index in [0.717, 1.165) is 5.52 Å². The van der Waals surface area contributed by atoms with E-state index >= 15 is 0 Å². The van der Waals surface area contributed by atoms with Crippen molar-refractivity contribution in [3.05, 3.63) is 60.2 Å². The Morgan fingerprint density at radius 1 is 1.19 bits per heavy atom. The van der Waals surface area contributed by atoms with Crippen molar-refractivity contribution in [3.8, 4) is 0 Å². The zero-order valence-corrected chi connectivity index (χ0v) is 14.3. The molecule has 1 aromatic carbocycles. The molecule has 1 aliphatic heterocycles. The number of fused-ring (bicyclic) bond motifs is 1. The first-order chi connectivity index (χ1) is 13.1. The van der Waals surface area contributed by atoms with Crippen molar-refractivity contribution >= 4 is 28.6 Å². The average molecular weight is 363 g/mol. The van der Waals surface area contributed by atoms with Crippen LogP contribution in [0.25, 0.3) is 11.0 Å². The zero-order valence-electron chi connectivity index (χ0n) is 14.3. The van der Waals surface area contributed by atoms with Crippen LogP contribution in [0.4, 0.5) is 0 Å². The van der Waals surface area contributed by atoms with Gasteiger partial charge in [0.1, 0.15) is 11.5 Å². The summed E-state index contributed by atoms with van der Waals surface area (Å²) in [5.74, 6) is -1.03. The maximum Gasteiger partial charge on any atom is 0.268 e. The number of hydrogen-bond donors (Lipinski definition) is 4. The number of benzene rings is 1. The molecule has 4 rings (SSSR count). The number of para-hydroxylation sites is 2. The van der Waals surface area contributed by atoms with E-state index in [-0.39, 0.29) is 24.7 Å². The maximum atomic E-state index is 12.8. The van der Waals surface area contributed by atoms with Gasteiger partial charge in [-0.05, 0) is 24.3 Å². The number of nitrogens with zero attached hydrogens (tertiary/aromatic N) is 3. The molecule has 5 N–H and O–H groups in total. The molecule has 136 valence electrons. The summed E-state index contributed by atoms with van der Waals surface area (Å²) in [6, 6.07) is 12.7. The number of nitrogens with one attached hydrogen (secondary N) is 3. The van der Waals surface area contributed by atoms with Crippen molar-refractivity contribution in [1.29, 1.82) is 0 Å². The van der Waals surface area contributed by atoms with Crippen LogP contribution < -0.4 is 16.4 Å². The predicted molar refractivity (Wildman–Crippen MR) is 98.5 cm³/mol. The summed E-state index contributed by atoms with van der Waals surface area (Å²) in [5.41, 5.74) is 6.13. The van der Waals surface area contributed by atoms with Gasteiger partial charge in [0.25, 0.3) is 11.8 Å². The van der Waals surface area contributed by atoms with Crippen molar-refractivity contribution in [2.24, 2.45) is 10.7 Å². The van der Waals surface area contributed by atoms with E-state index in [1.54, 1.807) is 24.4 Å². The van der Waals surface area contributed by atoms with Gasteiger partial charge in [-0.1, -0.05) is 18.2 Å². The second-order valence-electron chi connectivity index (χ2n) is 6.06. The second kappa shape index (κ2) is 6.61. The van der Waals surface area contributed by atoms with Gasteiger partial charge in [-0.15, -0.1) is 0 Å². The van der Waals surface area contributed by atoms with Gasteiger partial charge in [0.15, 0.2) is 0 Å². The molecule has 0 fully saturated rings. The van der Waals surface area contributed by atoms with E-state index < -0.39 is 17.4 Å². The number of imidazole rings is 1. The summed E-state index contributed by atoms with van der Waals surface area (Å²) in [6.07, 6.45) is 1.64. The number of amides is 2. The van der Waals surface area contributed by atoms with Crippen molar-refractivity contribution in [2.75, 3.05) is 6.67 Å². The third kappa shape index (κ3) is 2.83. The van der Waals surface area contributed by atoms with Gasteiger partial charge < -0.3 is 16.0 Å². The minimum Gasteiger partial charge on any atom is -0.367 e. The number of pyridine rings is 1. The van der Waals surface area contributed by atoms with Crippen LogP contribution >= 0.6 is 0 Å². The number of primary amides is 1. The van der Waals surface area contributed by atoms with Gasteiger partial charge in [-0.2, -0.15) is 0 Å². The topological polar surface area (TPSA) is 138 Å². The summed E-state index contributed by atoms with van der Waals surface area (Å²) < 4.78 is 0. The van der Waals surface area contributed by atoms with Crippen LogP contribution in [-0.4, -0.2) is 39.1 Å². The number of carbonyl (C=O) groups is 2. The van der Waals surface area contributed by atoms with Crippen LogP contribution in [0, 0.1) is 0 Å². The van der Waals surface area contributed by atoms with Gasteiger partial charge in [-0.3, -0.25) is 24.9 Å². The monoisotopic (exact) mass is 363 g/mol. The van der Waals surface area contributed by atoms with Gasteiger partial charge in [0.2, 0.25) is 5.54 Å². The van der Waals surface area contributed by atoms with Crippen LogP contribution in [0.5, 0.6) is 0 Å². The van der Waals surface area contributed by atoms with Crippen LogP contribution in [0.1, 0.15) is 11.5 Å². The zero-order chi connectivity index (χ0) is 18.9.